The lowest BCUT2D eigenvalue weighted by Gasteiger charge is -2.05. The molecule has 1 aromatic carbocycles. The Kier molecular flexibility index (Phi) is 1.99. The molecule has 0 bridgehead atoms. The van der Waals surface area contributed by atoms with Crippen LogP contribution in [0.4, 0.5) is 13.2 Å². The van der Waals surface area contributed by atoms with Crippen molar-refractivity contribution in [1.29, 1.82) is 0 Å². The molecule has 1 rings (SSSR count). The van der Waals surface area contributed by atoms with Crippen molar-refractivity contribution in [3.05, 3.63) is 35.4 Å². The van der Waals surface area contributed by atoms with E-state index in [9.17, 15) is 13.2 Å². The molecule has 0 aliphatic carbocycles. The molecule has 1 unspecified atom stereocenters. The molecule has 66 valence electrons. The maximum absolute atomic E-state index is 12.0. The number of hydrogen-bond donors (Lipinski definition) is 1. The SMILES string of the molecule is [2H]C(O)c1ccc(C(F)(F)F)cc1. The molecule has 0 spiro atoms. The second kappa shape index (κ2) is 3.15. The van der Waals surface area contributed by atoms with Gasteiger partial charge in [0.2, 0.25) is 0 Å². The van der Waals surface area contributed by atoms with Gasteiger partial charge in [-0.1, -0.05) is 12.1 Å². The van der Waals surface area contributed by atoms with Crippen LogP contribution in [0.15, 0.2) is 24.3 Å². The number of rotatable bonds is 1. The molecular weight excluding hydrogens is 169 g/mol. The highest BCUT2D eigenvalue weighted by Crippen LogP contribution is 2.28. The molecule has 1 atom stereocenters. The monoisotopic (exact) mass is 177 g/mol. The summed E-state index contributed by atoms with van der Waals surface area (Å²) in [5.74, 6) is 0. The van der Waals surface area contributed by atoms with Gasteiger partial charge in [-0.2, -0.15) is 13.2 Å². The number of halogens is 3. The zero-order valence-corrected chi connectivity index (χ0v) is 5.97. The van der Waals surface area contributed by atoms with Crippen LogP contribution in [0.5, 0.6) is 0 Å². The van der Waals surface area contributed by atoms with Crippen molar-refractivity contribution in [1.82, 2.24) is 0 Å². The Morgan fingerprint density at radius 3 is 2.08 bits per heavy atom. The van der Waals surface area contributed by atoms with Crippen LogP contribution in [0, 0.1) is 0 Å². The third kappa shape index (κ3) is 1.98. The predicted molar refractivity (Wildman–Crippen MR) is 37.4 cm³/mol. The average Bonchev–Trinajstić information content (AvgIpc) is 2.03. The smallest absolute Gasteiger partial charge is 0.392 e. The second-order valence-electron chi connectivity index (χ2n) is 2.25. The standard InChI is InChI=1S/C8H7F3O/c9-8(10,11)7-3-1-6(5-12)2-4-7/h1-4,12H,5H2/i5D. The fourth-order valence-corrected chi connectivity index (χ4v) is 0.758. The summed E-state index contributed by atoms with van der Waals surface area (Å²) >= 11 is 0. The first-order chi connectivity index (χ1) is 5.91. The van der Waals surface area contributed by atoms with E-state index in [0.29, 0.717) is 0 Å². The Morgan fingerprint density at radius 2 is 1.75 bits per heavy atom. The number of hydrogen-bond acceptors (Lipinski definition) is 1. The Balaban J connectivity index is 2.94. The second-order valence-corrected chi connectivity index (χ2v) is 2.25. The summed E-state index contributed by atoms with van der Waals surface area (Å²) < 4.78 is 42.9. The maximum Gasteiger partial charge on any atom is 0.416 e. The van der Waals surface area contributed by atoms with E-state index in [1.165, 1.54) is 0 Å². The van der Waals surface area contributed by atoms with E-state index in [2.05, 4.69) is 0 Å². The number of benzene rings is 1. The largest absolute Gasteiger partial charge is 0.416 e. The summed E-state index contributed by atoms with van der Waals surface area (Å²) in [6.45, 7) is -1.48. The van der Waals surface area contributed by atoms with Gasteiger partial charge in [-0.25, -0.2) is 0 Å². The van der Waals surface area contributed by atoms with E-state index in [1.807, 2.05) is 0 Å². The molecule has 4 heteroatoms. The van der Waals surface area contributed by atoms with Gasteiger partial charge in [-0.15, -0.1) is 0 Å². The van der Waals surface area contributed by atoms with E-state index in [4.69, 9.17) is 6.48 Å². The zero-order chi connectivity index (χ0) is 10.1. The van der Waals surface area contributed by atoms with Crippen molar-refractivity contribution in [3.8, 4) is 0 Å². The van der Waals surface area contributed by atoms with Gasteiger partial charge in [0.15, 0.2) is 0 Å². The topological polar surface area (TPSA) is 20.2 Å². The Labute approximate surface area is 68.9 Å². The van der Waals surface area contributed by atoms with Crippen molar-refractivity contribution in [3.63, 3.8) is 0 Å². The van der Waals surface area contributed by atoms with E-state index >= 15 is 0 Å². The summed E-state index contributed by atoms with van der Waals surface area (Å²) in [6.07, 6.45) is -4.37. The minimum absolute atomic E-state index is 0.146. The molecule has 1 nitrogen and oxygen atoms in total. The van der Waals surface area contributed by atoms with Gasteiger partial charge in [0.1, 0.15) is 0 Å². The molecule has 0 aliphatic rings. The van der Waals surface area contributed by atoms with Crippen LogP contribution in [-0.2, 0) is 12.8 Å². The van der Waals surface area contributed by atoms with Crippen molar-refractivity contribution < 1.29 is 19.6 Å². The van der Waals surface area contributed by atoms with Gasteiger partial charge >= 0.3 is 6.18 Å². The van der Waals surface area contributed by atoms with E-state index in [0.717, 1.165) is 24.3 Å². The molecule has 0 amide bonds. The van der Waals surface area contributed by atoms with Crippen LogP contribution in [0.25, 0.3) is 0 Å². The minimum atomic E-state index is -4.37. The fourth-order valence-electron chi connectivity index (χ4n) is 0.758. The third-order valence-electron chi connectivity index (χ3n) is 1.39. The zero-order valence-electron chi connectivity index (χ0n) is 6.97. The maximum atomic E-state index is 12.0. The van der Waals surface area contributed by atoms with Gasteiger partial charge in [0.25, 0.3) is 0 Å². The lowest BCUT2D eigenvalue weighted by atomic mass is 10.1. The van der Waals surface area contributed by atoms with Crippen LogP contribution in [0.1, 0.15) is 12.5 Å². The molecular formula is C8H7F3O. The highest BCUT2D eigenvalue weighted by Gasteiger charge is 2.29. The Hall–Kier alpha value is -1.03. The Morgan fingerprint density at radius 1 is 1.25 bits per heavy atom. The van der Waals surface area contributed by atoms with Crippen molar-refractivity contribution in [2.24, 2.45) is 0 Å². The molecule has 0 aromatic heterocycles. The van der Waals surface area contributed by atoms with E-state index in [-0.39, 0.29) is 5.56 Å². The molecule has 0 saturated heterocycles. The van der Waals surface area contributed by atoms with Gasteiger partial charge in [-0.05, 0) is 17.7 Å². The first-order valence-corrected chi connectivity index (χ1v) is 3.19. The Bertz CT molecular complexity index is 278. The highest BCUT2D eigenvalue weighted by molar-refractivity contribution is 5.23. The quantitative estimate of drug-likeness (QED) is 0.697. The molecule has 12 heavy (non-hydrogen) atoms. The molecule has 0 fully saturated rings. The van der Waals surface area contributed by atoms with Gasteiger partial charge < -0.3 is 5.11 Å². The molecule has 0 aliphatic heterocycles. The van der Waals surface area contributed by atoms with Crippen LogP contribution in [-0.4, -0.2) is 5.11 Å². The summed E-state index contributed by atoms with van der Waals surface area (Å²) in [5, 5.41) is 8.70. The van der Waals surface area contributed by atoms with Crippen LogP contribution in [0.3, 0.4) is 0 Å². The fraction of sp³-hybridized carbons (Fsp3) is 0.250. The summed E-state index contributed by atoms with van der Waals surface area (Å²) in [5.41, 5.74) is -0.634. The lowest BCUT2D eigenvalue weighted by Crippen LogP contribution is -2.04. The first kappa shape index (κ1) is 7.61. The molecule has 0 saturated carbocycles. The molecule has 1 N–H and O–H groups in total. The lowest BCUT2D eigenvalue weighted by molar-refractivity contribution is -0.137. The van der Waals surface area contributed by atoms with Crippen LogP contribution in [0.2, 0.25) is 0 Å². The van der Waals surface area contributed by atoms with Crippen molar-refractivity contribution in [2.45, 2.75) is 12.8 Å². The third-order valence-corrected chi connectivity index (χ3v) is 1.39. The minimum Gasteiger partial charge on any atom is -0.392 e. The number of aliphatic hydroxyl groups excluding tert-OH is 1. The first-order valence-electron chi connectivity index (χ1n) is 3.76. The van der Waals surface area contributed by atoms with Crippen LogP contribution >= 0.6 is 0 Å². The number of aliphatic hydroxyl groups is 1. The predicted octanol–water partition coefficient (Wildman–Crippen LogP) is 2.20. The molecule has 0 radical (unpaired) electrons. The van der Waals surface area contributed by atoms with Gasteiger partial charge in [-0.3, -0.25) is 0 Å². The van der Waals surface area contributed by atoms with Crippen molar-refractivity contribution >= 4 is 0 Å². The molecule has 1 aromatic rings. The van der Waals surface area contributed by atoms with Crippen molar-refractivity contribution in [2.75, 3.05) is 0 Å². The van der Waals surface area contributed by atoms with Gasteiger partial charge in [0, 0.05) is 0 Å². The van der Waals surface area contributed by atoms with Crippen LogP contribution < -0.4 is 0 Å². The number of alkyl halides is 3. The van der Waals surface area contributed by atoms with E-state index in [1.54, 1.807) is 0 Å². The molecule has 0 heterocycles. The summed E-state index contributed by atoms with van der Waals surface area (Å²) in [7, 11) is 0. The summed E-state index contributed by atoms with van der Waals surface area (Å²) in [6, 6.07) is 3.85. The van der Waals surface area contributed by atoms with E-state index < -0.39 is 18.3 Å². The van der Waals surface area contributed by atoms with Gasteiger partial charge in [0.05, 0.1) is 13.5 Å². The highest BCUT2D eigenvalue weighted by atomic mass is 19.4. The average molecular weight is 177 g/mol. The summed E-state index contributed by atoms with van der Waals surface area (Å²) in [4.78, 5) is 0. The normalized spacial score (nSPS) is 15.5.